The summed E-state index contributed by atoms with van der Waals surface area (Å²) in [5.74, 6) is 3.82. The summed E-state index contributed by atoms with van der Waals surface area (Å²) in [6.07, 6.45) is 0. The lowest BCUT2D eigenvalue weighted by Gasteiger charge is -2.28. The number of oxazole rings is 1. The number of guanidine groups is 1. The van der Waals surface area contributed by atoms with Gasteiger partial charge < -0.3 is 24.5 Å². The van der Waals surface area contributed by atoms with E-state index in [4.69, 9.17) is 13.9 Å². The van der Waals surface area contributed by atoms with Crippen molar-refractivity contribution in [2.45, 2.75) is 46.6 Å². The minimum atomic E-state index is -0.123. The van der Waals surface area contributed by atoms with Gasteiger partial charge in [-0.25, -0.2) is 9.98 Å². The van der Waals surface area contributed by atoms with Crippen LogP contribution in [-0.4, -0.2) is 37.2 Å². The number of benzene rings is 1. The number of hydrogen-bond donors (Lipinski definition) is 2. The first-order chi connectivity index (χ1) is 13.4. The molecule has 0 spiro atoms. The molecule has 152 valence electrons. The van der Waals surface area contributed by atoms with Crippen molar-refractivity contribution in [3.8, 4) is 11.5 Å². The van der Waals surface area contributed by atoms with Gasteiger partial charge in [-0.1, -0.05) is 19.9 Å². The van der Waals surface area contributed by atoms with Gasteiger partial charge in [-0.05, 0) is 38.5 Å². The molecule has 7 nitrogen and oxygen atoms in total. The fourth-order valence-corrected chi connectivity index (χ4v) is 2.97. The first-order valence-electron chi connectivity index (χ1n) is 9.74. The van der Waals surface area contributed by atoms with E-state index in [-0.39, 0.29) is 5.41 Å². The molecule has 2 aromatic rings. The number of ether oxygens (including phenoxy) is 2. The molecule has 0 radical (unpaired) electrons. The monoisotopic (exact) mass is 386 g/mol. The minimum Gasteiger partial charge on any atom is -0.486 e. The SMILES string of the molecule is CCNC(=NCc1nc(C)c(C)o1)NCC(C)(C)c1ccc2c(c1)OCCO2. The number of fused-ring (bicyclic) bond motifs is 1. The van der Waals surface area contributed by atoms with E-state index in [1.807, 2.05) is 26.8 Å². The molecule has 3 rings (SSSR count). The van der Waals surface area contributed by atoms with Crippen LogP contribution < -0.4 is 20.1 Å². The maximum Gasteiger partial charge on any atom is 0.216 e. The fraction of sp³-hybridized carbons (Fsp3) is 0.524. The van der Waals surface area contributed by atoms with Crippen LogP contribution in [0.3, 0.4) is 0 Å². The number of rotatable bonds is 6. The number of aryl methyl sites for hydroxylation is 2. The zero-order chi connectivity index (χ0) is 20.1. The van der Waals surface area contributed by atoms with Crippen LogP contribution in [-0.2, 0) is 12.0 Å². The van der Waals surface area contributed by atoms with E-state index in [1.54, 1.807) is 0 Å². The van der Waals surface area contributed by atoms with Crippen LogP contribution in [0.25, 0.3) is 0 Å². The second-order valence-electron chi connectivity index (χ2n) is 7.54. The Bertz CT molecular complexity index is 823. The van der Waals surface area contributed by atoms with Gasteiger partial charge in [-0.15, -0.1) is 0 Å². The highest BCUT2D eigenvalue weighted by Crippen LogP contribution is 2.34. The summed E-state index contributed by atoms with van der Waals surface area (Å²) in [4.78, 5) is 8.98. The van der Waals surface area contributed by atoms with Crippen LogP contribution in [0.1, 0.15) is 43.7 Å². The van der Waals surface area contributed by atoms with E-state index in [0.717, 1.165) is 35.5 Å². The molecule has 0 amide bonds. The molecule has 0 unspecified atom stereocenters. The van der Waals surface area contributed by atoms with Gasteiger partial charge in [0.25, 0.3) is 0 Å². The Morgan fingerprint density at radius 2 is 1.89 bits per heavy atom. The smallest absolute Gasteiger partial charge is 0.216 e. The third-order valence-electron chi connectivity index (χ3n) is 4.81. The Kier molecular flexibility index (Phi) is 6.11. The van der Waals surface area contributed by atoms with Crippen LogP contribution in [0.5, 0.6) is 11.5 Å². The highest BCUT2D eigenvalue weighted by atomic mass is 16.6. The Labute approximate surface area is 166 Å². The molecule has 28 heavy (non-hydrogen) atoms. The van der Waals surface area contributed by atoms with Crippen molar-refractivity contribution in [2.75, 3.05) is 26.3 Å². The zero-order valence-electron chi connectivity index (χ0n) is 17.4. The van der Waals surface area contributed by atoms with Crippen molar-refractivity contribution in [3.63, 3.8) is 0 Å². The molecular weight excluding hydrogens is 356 g/mol. The standard InChI is InChI=1S/C21H30N4O3/c1-6-22-20(23-12-19-25-14(2)15(3)28-19)24-13-21(4,5)16-7-8-17-18(11-16)27-10-9-26-17/h7-8,11H,6,9-10,12-13H2,1-5H3,(H2,22,23,24). The lowest BCUT2D eigenvalue weighted by Crippen LogP contribution is -2.43. The van der Waals surface area contributed by atoms with Gasteiger partial charge in [0.1, 0.15) is 25.5 Å². The Balaban J connectivity index is 1.66. The van der Waals surface area contributed by atoms with Gasteiger partial charge in [0.15, 0.2) is 17.5 Å². The molecule has 7 heteroatoms. The van der Waals surface area contributed by atoms with Crippen LogP contribution in [0, 0.1) is 13.8 Å². The van der Waals surface area contributed by atoms with E-state index < -0.39 is 0 Å². The summed E-state index contributed by atoms with van der Waals surface area (Å²) in [5, 5.41) is 6.70. The van der Waals surface area contributed by atoms with E-state index in [1.165, 1.54) is 5.56 Å². The van der Waals surface area contributed by atoms with Crippen molar-refractivity contribution in [1.29, 1.82) is 0 Å². The lowest BCUT2D eigenvalue weighted by molar-refractivity contribution is 0.171. The molecule has 1 aliphatic heterocycles. The number of aliphatic imine (C=N–C) groups is 1. The summed E-state index contributed by atoms with van der Waals surface area (Å²) >= 11 is 0. The number of hydrogen-bond acceptors (Lipinski definition) is 5. The Morgan fingerprint density at radius 1 is 1.14 bits per heavy atom. The van der Waals surface area contributed by atoms with Gasteiger partial charge in [0.2, 0.25) is 5.89 Å². The molecule has 0 bridgehead atoms. The summed E-state index contributed by atoms with van der Waals surface area (Å²) in [7, 11) is 0. The van der Waals surface area contributed by atoms with Gasteiger partial charge in [0, 0.05) is 18.5 Å². The number of aromatic nitrogens is 1. The molecule has 2 heterocycles. The molecule has 0 fully saturated rings. The third-order valence-corrected chi connectivity index (χ3v) is 4.81. The summed E-state index contributed by atoms with van der Waals surface area (Å²) < 4.78 is 17.0. The number of nitrogens with zero attached hydrogens (tertiary/aromatic N) is 2. The summed E-state index contributed by atoms with van der Waals surface area (Å²) in [5.41, 5.74) is 1.96. The predicted octanol–water partition coefficient (Wildman–Crippen LogP) is 3.10. The van der Waals surface area contributed by atoms with Gasteiger partial charge >= 0.3 is 0 Å². The van der Waals surface area contributed by atoms with Crippen LogP contribution in [0.15, 0.2) is 27.6 Å². The number of nitrogens with one attached hydrogen (secondary N) is 2. The molecule has 1 aromatic carbocycles. The first-order valence-corrected chi connectivity index (χ1v) is 9.74. The Morgan fingerprint density at radius 3 is 2.57 bits per heavy atom. The van der Waals surface area contributed by atoms with Gasteiger partial charge in [-0.3, -0.25) is 0 Å². The minimum absolute atomic E-state index is 0.123. The molecule has 0 saturated heterocycles. The molecular formula is C21H30N4O3. The quantitative estimate of drug-likeness (QED) is 0.587. The summed E-state index contributed by atoms with van der Waals surface area (Å²) in [6.45, 7) is 13.3. The predicted molar refractivity (Wildman–Crippen MR) is 109 cm³/mol. The van der Waals surface area contributed by atoms with Crippen molar-refractivity contribution < 1.29 is 13.9 Å². The normalized spacial score (nSPS) is 14.1. The van der Waals surface area contributed by atoms with Crippen LogP contribution in [0.2, 0.25) is 0 Å². The van der Waals surface area contributed by atoms with Crippen LogP contribution >= 0.6 is 0 Å². The molecule has 0 atom stereocenters. The van der Waals surface area contributed by atoms with E-state index in [0.29, 0.717) is 32.2 Å². The van der Waals surface area contributed by atoms with Crippen molar-refractivity contribution in [2.24, 2.45) is 4.99 Å². The van der Waals surface area contributed by atoms with Crippen LogP contribution in [0.4, 0.5) is 0 Å². The summed E-state index contributed by atoms with van der Waals surface area (Å²) in [6, 6.07) is 6.15. The molecule has 0 saturated carbocycles. The van der Waals surface area contributed by atoms with E-state index >= 15 is 0 Å². The van der Waals surface area contributed by atoms with E-state index in [2.05, 4.69) is 46.6 Å². The maximum absolute atomic E-state index is 5.72. The van der Waals surface area contributed by atoms with Crippen molar-refractivity contribution in [1.82, 2.24) is 15.6 Å². The highest BCUT2D eigenvalue weighted by Gasteiger charge is 2.24. The largest absolute Gasteiger partial charge is 0.486 e. The Hall–Kier alpha value is -2.70. The van der Waals surface area contributed by atoms with Crippen molar-refractivity contribution >= 4 is 5.96 Å². The fourth-order valence-electron chi connectivity index (χ4n) is 2.97. The lowest BCUT2D eigenvalue weighted by atomic mass is 9.84. The second-order valence-corrected chi connectivity index (χ2v) is 7.54. The van der Waals surface area contributed by atoms with Gasteiger partial charge in [0.05, 0.1) is 5.69 Å². The topological polar surface area (TPSA) is 80.9 Å². The second kappa shape index (κ2) is 8.54. The first kappa shape index (κ1) is 20.0. The molecule has 0 aliphatic carbocycles. The van der Waals surface area contributed by atoms with Crippen molar-refractivity contribution in [3.05, 3.63) is 41.1 Å². The average molecular weight is 386 g/mol. The molecule has 1 aromatic heterocycles. The van der Waals surface area contributed by atoms with E-state index in [9.17, 15) is 0 Å². The third kappa shape index (κ3) is 4.77. The zero-order valence-corrected chi connectivity index (χ0v) is 17.4. The van der Waals surface area contributed by atoms with Gasteiger partial charge in [-0.2, -0.15) is 0 Å². The average Bonchev–Trinajstić information content (AvgIpc) is 3.01. The molecule has 2 N–H and O–H groups in total. The molecule has 1 aliphatic rings. The maximum atomic E-state index is 5.72. The highest BCUT2D eigenvalue weighted by molar-refractivity contribution is 5.79.